The monoisotopic (exact) mass is 381 g/mol. The van der Waals surface area contributed by atoms with Crippen LogP contribution < -0.4 is 4.72 Å². The Morgan fingerprint density at radius 2 is 2.08 bits per heavy atom. The summed E-state index contributed by atoms with van der Waals surface area (Å²) in [5.41, 5.74) is 2.48. The topological polar surface area (TPSA) is 64.0 Å². The van der Waals surface area contributed by atoms with E-state index in [1.165, 1.54) is 11.3 Å². The lowest BCUT2D eigenvalue weighted by Crippen LogP contribution is -2.34. The fourth-order valence-electron chi connectivity index (χ4n) is 2.30. The predicted octanol–water partition coefficient (Wildman–Crippen LogP) is 3.02. The molecule has 24 heavy (non-hydrogen) atoms. The number of halogens is 3. The molecule has 0 saturated carbocycles. The Bertz CT molecular complexity index is 768. The molecule has 2 aromatic rings. The second-order valence-electron chi connectivity index (χ2n) is 5.48. The van der Waals surface area contributed by atoms with Gasteiger partial charge >= 0.3 is 6.18 Å². The van der Waals surface area contributed by atoms with Crippen molar-refractivity contribution >= 4 is 21.4 Å². The summed E-state index contributed by atoms with van der Waals surface area (Å²) in [4.78, 5) is 0. The summed E-state index contributed by atoms with van der Waals surface area (Å²) in [6.07, 6.45) is -5.87. The van der Waals surface area contributed by atoms with Crippen LogP contribution in [0.15, 0.2) is 22.9 Å². The van der Waals surface area contributed by atoms with Crippen molar-refractivity contribution in [1.29, 1.82) is 0 Å². The summed E-state index contributed by atoms with van der Waals surface area (Å²) in [5.74, 6) is -0.982. The Morgan fingerprint density at radius 1 is 1.38 bits per heavy atom. The molecule has 2 aromatic heterocycles. The van der Waals surface area contributed by atoms with Gasteiger partial charge in [-0.25, -0.2) is 13.1 Å². The van der Waals surface area contributed by atoms with E-state index in [4.69, 9.17) is 0 Å². The Balaban J connectivity index is 2.14. The molecular weight excluding hydrogens is 363 g/mol. The molecule has 1 atom stereocenters. The average Bonchev–Trinajstić information content (AvgIpc) is 3.07. The van der Waals surface area contributed by atoms with Crippen molar-refractivity contribution in [3.63, 3.8) is 0 Å². The highest BCUT2D eigenvalue weighted by atomic mass is 32.2. The number of rotatable bonds is 7. The van der Waals surface area contributed by atoms with Crippen molar-refractivity contribution in [3.05, 3.63) is 39.8 Å². The van der Waals surface area contributed by atoms with E-state index in [1.54, 1.807) is 4.68 Å². The second kappa shape index (κ2) is 7.24. The molecule has 5 nitrogen and oxygen atoms in total. The third kappa shape index (κ3) is 5.32. The number of aromatic nitrogens is 2. The van der Waals surface area contributed by atoms with E-state index in [0.29, 0.717) is 0 Å². The van der Waals surface area contributed by atoms with Gasteiger partial charge in [0, 0.05) is 12.2 Å². The van der Waals surface area contributed by atoms with Gasteiger partial charge in [-0.2, -0.15) is 29.6 Å². The molecule has 0 saturated heterocycles. The fourth-order valence-corrected chi connectivity index (χ4v) is 4.06. The molecule has 0 aromatic carbocycles. The number of alkyl halides is 3. The Kier molecular flexibility index (Phi) is 5.71. The molecule has 2 heterocycles. The zero-order chi connectivity index (χ0) is 18.0. The molecular formula is C14H18F3N3O2S2. The predicted molar refractivity (Wildman–Crippen MR) is 86.6 cm³/mol. The number of sulfonamides is 1. The van der Waals surface area contributed by atoms with Crippen molar-refractivity contribution in [2.45, 2.75) is 32.5 Å². The van der Waals surface area contributed by atoms with Gasteiger partial charge in [-0.05, 0) is 42.3 Å². The molecule has 0 aliphatic heterocycles. The van der Waals surface area contributed by atoms with Crippen molar-refractivity contribution in [1.82, 2.24) is 14.5 Å². The van der Waals surface area contributed by atoms with E-state index in [9.17, 15) is 21.6 Å². The van der Waals surface area contributed by atoms with Gasteiger partial charge in [-0.15, -0.1) is 0 Å². The van der Waals surface area contributed by atoms with Crippen LogP contribution in [-0.2, 0) is 10.0 Å². The molecule has 0 aliphatic carbocycles. The van der Waals surface area contributed by atoms with Crippen LogP contribution in [0.3, 0.4) is 0 Å². The van der Waals surface area contributed by atoms with Crippen LogP contribution in [-0.4, -0.2) is 36.7 Å². The van der Waals surface area contributed by atoms with Crippen LogP contribution >= 0.6 is 11.3 Å². The zero-order valence-electron chi connectivity index (χ0n) is 13.2. The van der Waals surface area contributed by atoms with Crippen LogP contribution in [0.4, 0.5) is 13.2 Å². The molecule has 1 unspecified atom stereocenters. The van der Waals surface area contributed by atoms with Gasteiger partial charge in [-0.3, -0.25) is 4.68 Å². The summed E-state index contributed by atoms with van der Waals surface area (Å²) in [7, 11) is -4.02. The number of aryl methyl sites for hydroxylation is 2. The van der Waals surface area contributed by atoms with Crippen molar-refractivity contribution in [2.75, 3.05) is 12.3 Å². The lowest BCUT2D eigenvalue weighted by Gasteiger charge is -2.19. The highest BCUT2D eigenvalue weighted by molar-refractivity contribution is 7.89. The maximum atomic E-state index is 12.2. The molecule has 0 bridgehead atoms. The van der Waals surface area contributed by atoms with Crippen LogP contribution in [0.1, 0.15) is 29.4 Å². The second-order valence-corrected chi connectivity index (χ2v) is 8.18. The number of hydrogen-bond acceptors (Lipinski definition) is 4. The Labute approximate surface area is 142 Å². The summed E-state index contributed by atoms with van der Waals surface area (Å²) >= 11 is 1.46. The van der Waals surface area contributed by atoms with Crippen LogP contribution in [0, 0.1) is 13.8 Å². The molecule has 1 N–H and O–H groups in total. The summed E-state index contributed by atoms with van der Waals surface area (Å²) in [6.45, 7) is 3.61. The van der Waals surface area contributed by atoms with Gasteiger partial charge in [0.1, 0.15) is 0 Å². The number of nitrogens with one attached hydrogen (secondary N) is 1. The smallest absolute Gasteiger partial charge is 0.261 e. The molecule has 0 amide bonds. The van der Waals surface area contributed by atoms with Gasteiger partial charge in [-0.1, -0.05) is 0 Å². The summed E-state index contributed by atoms with van der Waals surface area (Å²) in [6, 6.07) is 3.29. The van der Waals surface area contributed by atoms with Gasteiger partial charge in [0.15, 0.2) is 0 Å². The van der Waals surface area contributed by atoms with E-state index in [1.807, 2.05) is 36.7 Å². The Hall–Kier alpha value is -1.39. The minimum Gasteiger partial charge on any atom is -0.261 e. The highest BCUT2D eigenvalue weighted by Crippen LogP contribution is 2.23. The van der Waals surface area contributed by atoms with Gasteiger partial charge < -0.3 is 0 Å². The summed E-state index contributed by atoms with van der Waals surface area (Å²) < 4.78 is 64.3. The lowest BCUT2D eigenvalue weighted by molar-refractivity contribution is -0.129. The standard InChI is InChI=1S/C14H18F3N3O2S2/c1-10-7-11(2)20(19-10)13(12-3-5-23-9-12)8-18-24(21,22)6-4-14(15,16)17/h3,5,7,9,13,18H,4,6,8H2,1-2H3. The van der Waals surface area contributed by atoms with Crippen molar-refractivity contribution in [2.24, 2.45) is 0 Å². The van der Waals surface area contributed by atoms with E-state index in [2.05, 4.69) is 9.82 Å². The third-order valence-electron chi connectivity index (χ3n) is 3.42. The van der Waals surface area contributed by atoms with Crippen LogP contribution in [0.5, 0.6) is 0 Å². The molecule has 0 aliphatic rings. The lowest BCUT2D eigenvalue weighted by atomic mass is 10.1. The van der Waals surface area contributed by atoms with E-state index in [0.717, 1.165) is 17.0 Å². The highest BCUT2D eigenvalue weighted by Gasteiger charge is 2.30. The number of thiophene rings is 1. The zero-order valence-corrected chi connectivity index (χ0v) is 14.8. The molecule has 0 spiro atoms. The first kappa shape index (κ1) is 18.9. The molecule has 0 fully saturated rings. The number of nitrogens with zero attached hydrogens (tertiary/aromatic N) is 2. The maximum Gasteiger partial charge on any atom is 0.390 e. The minimum atomic E-state index is -4.50. The van der Waals surface area contributed by atoms with Gasteiger partial charge in [0.2, 0.25) is 10.0 Å². The molecule has 10 heteroatoms. The first-order chi connectivity index (χ1) is 11.1. The largest absolute Gasteiger partial charge is 0.390 e. The minimum absolute atomic E-state index is 0.0567. The summed E-state index contributed by atoms with van der Waals surface area (Å²) in [5, 5.41) is 8.08. The molecule has 2 rings (SSSR count). The maximum absolute atomic E-state index is 12.2. The van der Waals surface area contributed by atoms with Gasteiger partial charge in [0.25, 0.3) is 0 Å². The first-order valence-electron chi connectivity index (χ1n) is 7.16. The Morgan fingerprint density at radius 3 is 2.58 bits per heavy atom. The molecule has 134 valence electrons. The molecule has 0 radical (unpaired) electrons. The SMILES string of the molecule is Cc1cc(C)n(C(CNS(=O)(=O)CCC(F)(F)F)c2ccsc2)n1. The third-order valence-corrected chi connectivity index (χ3v) is 5.47. The normalized spacial score (nSPS) is 14.0. The van der Waals surface area contributed by atoms with Crippen LogP contribution in [0.2, 0.25) is 0 Å². The quantitative estimate of drug-likeness (QED) is 0.802. The fraction of sp³-hybridized carbons (Fsp3) is 0.500. The van der Waals surface area contributed by atoms with Crippen molar-refractivity contribution in [3.8, 4) is 0 Å². The van der Waals surface area contributed by atoms with Crippen molar-refractivity contribution < 1.29 is 21.6 Å². The van der Waals surface area contributed by atoms with E-state index >= 15 is 0 Å². The van der Waals surface area contributed by atoms with Gasteiger partial charge in [0.05, 0.1) is 23.9 Å². The van der Waals surface area contributed by atoms with Crippen LogP contribution in [0.25, 0.3) is 0 Å². The van der Waals surface area contributed by atoms with E-state index in [-0.39, 0.29) is 6.54 Å². The number of hydrogen-bond donors (Lipinski definition) is 1. The first-order valence-corrected chi connectivity index (χ1v) is 9.76. The average molecular weight is 381 g/mol. The van der Waals surface area contributed by atoms with E-state index < -0.39 is 34.4 Å².